The van der Waals surface area contributed by atoms with Crippen LogP contribution in [0.2, 0.25) is 0 Å². The van der Waals surface area contributed by atoms with Gasteiger partial charge in [-0.15, -0.1) is 0 Å². The fourth-order valence-electron chi connectivity index (χ4n) is 3.71. The molecule has 0 aromatic heterocycles. The van der Waals surface area contributed by atoms with Gasteiger partial charge in [-0.25, -0.2) is 0 Å². The third-order valence-corrected chi connectivity index (χ3v) is 5.30. The highest BCUT2D eigenvalue weighted by atomic mass is 19.3. The molecule has 1 aliphatic carbocycles. The van der Waals surface area contributed by atoms with Crippen molar-refractivity contribution in [2.45, 2.75) is 71.1 Å². The molecule has 0 saturated carbocycles. The van der Waals surface area contributed by atoms with Crippen LogP contribution in [-0.4, -0.2) is 0 Å². The molecule has 1 aliphatic rings. The zero-order valence-electron chi connectivity index (χ0n) is 16.0. The molecule has 1 unspecified atom stereocenters. The van der Waals surface area contributed by atoms with Crippen molar-refractivity contribution in [2.75, 3.05) is 0 Å². The van der Waals surface area contributed by atoms with Gasteiger partial charge in [0.2, 0.25) is 0 Å². The van der Waals surface area contributed by atoms with Gasteiger partial charge in [0.25, 0.3) is 6.08 Å². The normalized spacial score (nSPS) is 19.3. The fourth-order valence-corrected chi connectivity index (χ4v) is 3.71. The molecule has 2 rings (SSSR count). The van der Waals surface area contributed by atoms with Gasteiger partial charge in [0.05, 0.1) is 0 Å². The molecule has 1 aromatic rings. The average molecular weight is 359 g/mol. The smallest absolute Gasteiger partial charge is 0.174 e. The Morgan fingerprint density at radius 3 is 2.19 bits per heavy atom. The lowest BCUT2D eigenvalue weighted by molar-refractivity contribution is 0.365. The molecule has 0 saturated heterocycles. The second kappa shape index (κ2) is 11.1. The Labute approximate surface area is 157 Å². The molecular formula is C24H32F2. The SMILES string of the molecule is CCCCCCCCCCC1(C=C(F)F)C=CC(c2ccccc2)=CC1. The van der Waals surface area contributed by atoms with Gasteiger partial charge in [-0.2, -0.15) is 8.78 Å². The van der Waals surface area contributed by atoms with Gasteiger partial charge in [0, 0.05) is 5.41 Å². The molecule has 0 spiro atoms. The van der Waals surface area contributed by atoms with Crippen molar-refractivity contribution >= 4 is 5.57 Å². The third kappa shape index (κ3) is 6.90. The van der Waals surface area contributed by atoms with Crippen molar-refractivity contribution in [3.63, 3.8) is 0 Å². The Balaban J connectivity index is 1.85. The van der Waals surface area contributed by atoms with Crippen LogP contribution in [0.1, 0.15) is 76.7 Å². The van der Waals surface area contributed by atoms with Crippen molar-refractivity contribution < 1.29 is 8.78 Å². The minimum Gasteiger partial charge on any atom is -0.174 e. The van der Waals surface area contributed by atoms with E-state index in [9.17, 15) is 8.78 Å². The van der Waals surface area contributed by atoms with Gasteiger partial charge in [0.15, 0.2) is 0 Å². The van der Waals surface area contributed by atoms with Gasteiger partial charge in [-0.3, -0.25) is 0 Å². The molecule has 1 atom stereocenters. The number of benzene rings is 1. The number of hydrogen-bond acceptors (Lipinski definition) is 0. The molecule has 0 nitrogen and oxygen atoms in total. The van der Waals surface area contributed by atoms with Crippen LogP contribution >= 0.6 is 0 Å². The van der Waals surface area contributed by atoms with Crippen LogP contribution in [-0.2, 0) is 0 Å². The van der Waals surface area contributed by atoms with E-state index in [2.05, 4.69) is 25.1 Å². The highest BCUT2D eigenvalue weighted by Crippen LogP contribution is 2.40. The van der Waals surface area contributed by atoms with E-state index < -0.39 is 11.5 Å². The van der Waals surface area contributed by atoms with E-state index in [0.29, 0.717) is 6.42 Å². The Morgan fingerprint density at radius 2 is 1.62 bits per heavy atom. The van der Waals surface area contributed by atoms with Crippen LogP contribution in [0.4, 0.5) is 8.78 Å². The van der Waals surface area contributed by atoms with Crippen LogP contribution < -0.4 is 0 Å². The Bertz CT molecular complexity index is 608. The van der Waals surface area contributed by atoms with E-state index >= 15 is 0 Å². The van der Waals surface area contributed by atoms with Crippen LogP contribution in [0, 0.1) is 5.41 Å². The first-order valence-corrected chi connectivity index (χ1v) is 10.1. The summed E-state index contributed by atoms with van der Waals surface area (Å²) >= 11 is 0. The molecule has 0 fully saturated rings. The molecule has 1 aromatic carbocycles. The number of allylic oxidation sites excluding steroid dienone is 5. The maximum absolute atomic E-state index is 13.0. The van der Waals surface area contributed by atoms with E-state index in [0.717, 1.165) is 30.4 Å². The molecule has 2 heteroatoms. The van der Waals surface area contributed by atoms with Crippen molar-refractivity contribution in [3.8, 4) is 0 Å². The lowest BCUT2D eigenvalue weighted by atomic mass is 9.75. The first-order chi connectivity index (χ1) is 12.7. The number of hydrogen-bond donors (Lipinski definition) is 0. The van der Waals surface area contributed by atoms with Crippen molar-refractivity contribution in [1.29, 1.82) is 0 Å². The zero-order valence-corrected chi connectivity index (χ0v) is 16.0. The zero-order chi connectivity index (χ0) is 18.7. The molecule has 142 valence electrons. The van der Waals surface area contributed by atoms with Crippen LogP contribution in [0.3, 0.4) is 0 Å². The summed E-state index contributed by atoms with van der Waals surface area (Å²) in [5, 5.41) is 0. The highest BCUT2D eigenvalue weighted by molar-refractivity contribution is 5.75. The van der Waals surface area contributed by atoms with Gasteiger partial charge in [0.1, 0.15) is 0 Å². The summed E-state index contributed by atoms with van der Waals surface area (Å²) in [7, 11) is 0. The molecule has 0 amide bonds. The largest absolute Gasteiger partial charge is 0.267 e. The first kappa shape index (κ1) is 20.6. The fraction of sp³-hybridized carbons (Fsp3) is 0.500. The topological polar surface area (TPSA) is 0 Å². The van der Waals surface area contributed by atoms with Crippen LogP contribution in [0.25, 0.3) is 5.57 Å². The number of unbranched alkanes of at least 4 members (excludes halogenated alkanes) is 7. The molecule has 0 heterocycles. The monoisotopic (exact) mass is 358 g/mol. The summed E-state index contributed by atoms with van der Waals surface area (Å²) in [6, 6.07) is 10.1. The van der Waals surface area contributed by atoms with Gasteiger partial charge >= 0.3 is 0 Å². The summed E-state index contributed by atoms with van der Waals surface area (Å²) in [6.45, 7) is 2.23. The molecule has 0 aliphatic heterocycles. The molecule has 0 bridgehead atoms. The van der Waals surface area contributed by atoms with E-state index in [1.165, 1.54) is 44.6 Å². The third-order valence-electron chi connectivity index (χ3n) is 5.30. The summed E-state index contributed by atoms with van der Waals surface area (Å²) in [5.74, 6) is 0. The number of halogens is 2. The van der Waals surface area contributed by atoms with E-state index in [4.69, 9.17) is 0 Å². The van der Waals surface area contributed by atoms with E-state index in [-0.39, 0.29) is 0 Å². The predicted octanol–water partition coefficient (Wildman–Crippen LogP) is 8.33. The lowest BCUT2D eigenvalue weighted by Gasteiger charge is -2.29. The Morgan fingerprint density at radius 1 is 0.962 bits per heavy atom. The summed E-state index contributed by atoms with van der Waals surface area (Å²) < 4.78 is 26.1. The molecule has 0 radical (unpaired) electrons. The van der Waals surface area contributed by atoms with Crippen molar-refractivity contribution in [3.05, 3.63) is 66.3 Å². The highest BCUT2D eigenvalue weighted by Gasteiger charge is 2.27. The summed E-state index contributed by atoms with van der Waals surface area (Å²) in [6.07, 6.45) is 17.1. The van der Waals surface area contributed by atoms with Gasteiger partial charge < -0.3 is 0 Å². The Kier molecular flexibility index (Phi) is 8.80. The Hall–Kier alpha value is -1.70. The van der Waals surface area contributed by atoms with Gasteiger partial charge in [-0.05, 0) is 30.1 Å². The average Bonchev–Trinajstić information content (AvgIpc) is 2.65. The van der Waals surface area contributed by atoms with Crippen LogP contribution in [0.15, 0.2) is 60.7 Å². The minimum absolute atomic E-state index is 0.515. The number of rotatable bonds is 11. The second-order valence-corrected chi connectivity index (χ2v) is 7.45. The quantitative estimate of drug-likeness (QED) is 0.349. The molecule has 0 N–H and O–H groups in total. The maximum Gasteiger partial charge on any atom is 0.267 e. The van der Waals surface area contributed by atoms with Crippen molar-refractivity contribution in [1.82, 2.24) is 0 Å². The lowest BCUT2D eigenvalue weighted by Crippen LogP contribution is -2.17. The summed E-state index contributed by atoms with van der Waals surface area (Å²) in [4.78, 5) is 0. The molecular weight excluding hydrogens is 326 g/mol. The predicted molar refractivity (Wildman–Crippen MR) is 108 cm³/mol. The second-order valence-electron chi connectivity index (χ2n) is 7.45. The molecule has 26 heavy (non-hydrogen) atoms. The first-order valence-electron chi connectivity index (χ1n) is 10.1. The summed E-state index contributed by atoms with van der Waals surface area (Å²) in [5.41, 5.74) is 1.76. The van der Waals surface area contributed by atoms with Gasteiger partial charge in [-0.1, -0.05) is 107 Å². The minimum atomic E-state index is -1.56. The van der Waals surface area contributed by atoms with Crippen molar-refractivity contribution in [2.24, 2.45) is 5.41 Å². The van der Waals surface area contributed by atoms with E-state index in [1.54, 1.807) is 0 Å². The van der Waals surface area contributed by atoms with Crippen LogP contribution in [0.5, 0.6) is 0 Å². The van der Waals surface area contributed by atoms with E-state index in [1.807, 2.05) is 30.4 Å². The maximum atomic E-state index is 13.0. The standard InChI is InChI=1S/C24H32F2/c1-2-3-4-5-6-7-8-12-17-24(20-23(25)26)18-15-22(16-19-24)21-13-10-9-11-14-21/h9-11,13-16,18,20H,2-8,12,17,19H2,1H3.